The molecule has 1 aliphatic heterocycles. The molecule has 6 nitrogen and oxygen atoms in total. The molecule has 3 rings (SSSR count). The summed E-state index contributed by atoms with van der Waals surface area (Å²) in [4.78, 5) is 24.6. The van der Waals surface area contributed by atoms with Crippen LogP contribution in [0.3, 0.4) is 0 Å². The van der Waals surface area contributed by atoms with Gasteiger partial charge in [-0.1, -0.05) is 29.8 Å². The maximum Gasteiger partial charge on any atom is 0.259 e. The van der Waals surface area contributed by atoms with Crippen molar-refractivity contribution in [2.24, 2.45) is 0 Å². The second kappa shape index (κ2) is 9.39. The highest BCUT2D eigenvalue weighted by Crippen LogP contribution is 2.24. The van der Waals surface area contributed by atoms with Crippen molar-refractivity contribution in [3.8, 4) is 5.75 Å². The Morgan fingerprint density at radius 2 is 2.00 bits per heavy atom. The molecule has 0 aromatic heterocycles. The molecule has 2 amide bonds. The van der Waals surface area contributed by atoms with Crippen LogP contribution in [-0.2, 0) is 9.53 Å². The summed E-state index contributed by atoms with van der Waals surface area (Å²) >= 11 is 6.02. The third-order valence-corrected chi connectivity index (χ3v) is 4.36. The van der Waals surface area contributed by atoms with Gasteiger partial charge in [-0.2, -0.15) is 0 Å². The molecule has 142 valence electrons. The van der Waals surface area contributed by atoms with Crippen molar-refractivity contribution in [1.82, 2.24) is 5.32 Å². The molecule has 0 saturated carbocycles. The Bertz CT molecular complexity index is 792. The number of benzene rings is 2. The summed E-state index contributed by atoms with van der Waals surface area (Å²) in [5.74, 6) is -0.339. The predicted molar refractivity (Wildman–Crippen MR) is 103 cm³/mol. The average Bonchev–Trinajstić information content (AvgIpc) is 3.19. The van der Waals surface area contributed by atoms with Gasteiger partial charge in [0.05, 0.1) is 11.7 Å². The fraction of sp³-hybridized carbons (Fsp3) is 0.300. The van der Waals surface area contributed by atoms with E-state index in [4.69, 9.17) is 21.1 Å². The van der Waals surface area contributed by atoms with Crippen molar-refractivity contribution in [3.63, 3.8) is 0 Å². The summed E-state index contributed by atoms with van der Waals surface area (Å²) in [5.41, 5.74) is 0.918. The molecule has 0 aliphatic carbocycles. The maximum atomic E-state index is 12.6. The van der Waals surface area contributed by atoms with Gasteiger partial charge in [-0.3, -0.25) is 9.59 Å². The zero-order valence-corrected chi connectivity index (χ0v) is 15.5. The molecule has 1 heterocycles. The summed E-state index contributed by atoms with van der Waals surface area (Å²) in [7, 11) is 0. The number of hydrogen-bond donors (Lipinski definition) is 2. The van der Waals surface area contributed by atoms with E-state index in [1.807, 2.05) is 18.2 Å². The second-order valence-electron chi connectivity index (χ2n) is 6.19. The molecule has 2 aromatic rings. The fourth-order valence-electron chi connectivity index (χ4n) is 2.75. The average molecular weight is 389 g/mol. The molecule has 1 fully saturated rings. The lowest BCUT2D eigenvalue weighted by molar-refractivity contribution is -0.123. The van der Waals surface area contributed by atoms with Gasteiger partial charge < -0.3 is 20.1 Å². The number of carbonyl (C=O) groups excluding carboxylic acids is 2. The van der Waals surface area contributed by atoms with Crippen molar-refractivity contribution in [2.75, 3.05) is 25.1 Å². The topological polar surface area (TPSA) is 76.7 Å². The van der Waals surface area contributed by atoms with Gasteiger partial charge >= 0.3 is 0 Å². The van der Waals surface area contributed by atoms with Gasteiger partial charge in [0.15, 0.2) is 6.61 Å². The molecule has 2 N–H and O–H groups in total. The third-order valence-electron chi connectivity index (χ3n) is 4.13. The molecular formula is C20H21ClN2O4. The molecule has 1 atom stereocenters. The molecule has 0 unspecified atom stereocenters. The summed E-state index contributed by atoms with van der Waals surface area (Å²) < 4.78 is 11.0. The predicted octanol–water partition coefficient (Wildman–Crippen LogP) is 3.27. The number of amides is 2. The standard InChI is InChI=1S/C20H21ClN2O4/c21-14-8-9-18(27-13-19(24)22-12-16-7-4-10-26-16)17(11-14)20(25)23-15-5-2-1-3-6-15/h1-3,5-6,8-9,11,16H,4,7,10,12-13H2,(H,22,24)(H,23,25)/t16-/m0/s1. The van der Waals surface area contributed by atoms with Crippen molar-refractivity contribution in [1.29, 1.82) is 0 Å². The Morgan fingerprint density at radius 3 is 2.74 bits per heavy atom. The van der Waals surface area contributed by atoms with Crippen LogP contribution in [0.1, 0.15) is 23.2 Å². The highest BCUT2D eigenvalue weighted by atomic mass is 35.5. The first-order valence-electron chi connectivity index (χ1n) is 8.79. The number of nitrogens with one attached hydrogen (secondary N) is 2. The van der Waals surface area contributed by atoms with Gasteiger partial charge in [-0.05, 0) is 43.2 Å². The summed E-state index contributed by atoms with van der Waals surface area (Å²) in [6, 6.07) is 13.8. The van der Waals surface area contributed by atoms with Crippen LogP contribution in [-0.4, -0.2) is 37.7 Å². The first kappa shape index (κ1) is 19.2. The Labute approximate surface area is 162 Å². The molecule has 1 saturated heterocycles. The minimum Gasteiger partial charge on any atom is -0.483 e. The summed E-state index contributed by atoms with van der Waals surface area (Å²) in [6.45, 7) is 1.01. The summed E-state index contributed by atoms with van der Waals surface area (Å²) in [5, 5.41) is 5.97. The van der Waals surface area contributed by atoms with Crippen molar-refractivity contribution < 1.29 is 19.1 Å². The molecule has 0 spiro atoms. The van der Waals surface area contributed by atoms with E-state index in [0.29, 0.717) is 23.0 Å². The molecule has 7 heteroatoms. The Hall–Kier alpha value is -2.57. The van der Waals surface area contributed by atoms with E-state index in [0.717, 1.165) is 19.4 Å². The first-order valence-corrected chi connectivity index (χ1v) is 9.16. The lowest BCUT2D eigenvalue weighted by Crippen LogP contribution is -2.35. The SMILES string of the molecule is O=C(COc1ccc(Cl)cc1C(=O)Nc1ccccc1)NC[C@@H]1CCCO1. The normalized spacial score (nSPS) is 16.0. The molecule has 0 bridgehead atoms. The van der Waals surface area contributed by atoms with E-state index in [-0.39, 0.29) is 30.1 Å². The smallest absolute Gasteiger partial charge is 0.259 e. The minimum atomic E-state index is -0.363. The zero-order chi connectivity index (χ0) is 19.1. The zero-order valence-electron chi connectivity index (χ0n) is 14.7. The van der Waals surface area contributed by atoms with Gasteiger partial charge in [-0.15, -0.1) is 0 Å². The molecule has 1 aliphatic rings. The van der Waals surface area contributed by atoms with Crippen LogP contribution in [0.5, 0.6) is 5.75 Å². The van der Waals surface area contributed by atoms with Crippen molar-refractivity contribution >= 4 is 29.1 Å². The number of rotatable bonds is 7. The van der Waals surface area contributed by atoms with Crippen molar-refractivity contribution in [3.05, 3.63) is 59.1 Å². The monoisotopic (exact) mass is 388 g/mol. The highest BCUT2D eigenvalue weighted by molar-refractivity contribution is 6.31. The lowest BCUT2D eigenvalue weighted by atomic mass is 10.2. The number of carbonyl (C=O) groups is 2. The molecule has 0 radical (unpaired) electrons. The Balaban J connectivity index is 1.59. The number of hydrogen-bond acceptors (Lipinski definition) is 4. The van der Waals surface area contributed by atoms with E-state index in [9.17, 15) is 9.59 Å². The van der Waals surface area contributed by atoms with Gasteiger partial charge in [0.2, 0.25) is 0 Å². The Morgan fingerprint density at radius 1 is 1.19 bits per heavy atom. The van der Waals surface area contributed by atoms with Gasteiger partial charge in [-0.25, -0.2) is 0 Å². The van der Waals surface area contributed by atoms with Crippen LogP contribution < -0.4 is 15.4 Å². The van der Waals surface area contributed by atoms with E-state index in [1.54, 1.807) is 24.3 Å². The quantitative estimate of drug-likeness (QED) is 0.763. The van der Waals surface area contributed by atoms with Crippen LogP contribution in [0.4, 0.5) is 5.69 Å². The molecular weight excluding hydrogens is 368 g/mol. The van der Waals surface area contributed by atoms with Crippen LogP contribution in [0.2, 0.25) is 5.02 Å². The van der Waals surface area contributed by atoms with Crippen LogP contribution in [0, 0.1) is 0 Å². The van der Waals surface area contributed by atoms with Crippen molar-refractivity contribution in [2.45, 2.75) is 18.9 Å². The van der Waals surface area contributed by atoms with Gasteiger partial charge in [0, 0.05) is 23.9 Å². The van der Waals surface area contributed by atoms with Gasteiger partial charge in [0.25, 0.3) is 11.8 Å². The first-order chi connectivity index (χ1) is 13.1. The lowest BCUT2D eigenvalue weighted by Gasteiger charge is -2.14. The van der Waals surface area contributed by atoms with Gasteiger partial charge in [0.1, 0.15) is 5.75 Å². The molecule has 27 heavy (non-hydrogen) atoms. The van der Waals surface area contributed by atoms with Crippen LogP contribution >= 0.6 is 11.6 Å². The number of ether oxygens (including phenoxy) is 2. The van der Waals surface area contributed by atoms with E-state index in [1.165, 1.54) is 6.07 Å². The minimum absolute atomic E-state index is 0.0664. The number of para-hydroxylation sites is 1. The van der Waals surface area contributed by atoms with Crippen LogP contribution in [0.15, 0.2) is 48.5 Å². The van der Waals surface area contributed by atoms with Crippen LogP contribution in [0.25, 0.3) is 0 Å². The van der Waals surface area contributed by atoms with E-state index >= 15 is 0 Å². The van der Waals surface area contributed by atoms with E-state index in [2.05, 4.69) is 10.6 Å². The highest BCUT2D eigenvalue weighted by Gasteiger charge is 2.18. The fourth-order valence-corrected chi connectivity index (χ4v) is 2.92. The van der Waals surface area contributed by atoms with E-state index < -0.39 is 0 Å². The second-order valence-corrected chi connectivity index (χ2v) is 6.62. The number of anilines is 1. The number of halogens is 1. The third kappa shape index (κ3) is 5.70. The molecule has 2 aromatic carbocycles. The largest absolute Gasteiger partial charge is 0.483 e. The summed E-state index contributed by atoms with van der Waals surface area (Å²) in [6.07, 6.45) is 2.03. The Kier molecular flexibility index (Phi) is 6.68. The maximum absolute atomic E-state index is 12.6.